The van der Waals surface area contributed by atoms with Gasteiger partial charge in [-0.05, 0) is 32.2 Å². The van der Waals surface area contributed by atoms with Crippen LogP contribution < -0.4 is 0 Å². The van der Waals surface area contributed by atoms with Crippen LogP contribution in [0.1, 0.15) is 52.1 Å². The molecule has 1 aliphatic heterocycles. The maximum absolute atomic E-state index is 12.8. The molecular formula is C19H36N4O2S. The van der Waals surface area contributed by atoms with Gasteiger partial charge in [-0.1, -0.05) is 27.2 Å². The predicted octanol–water partition coefficient (Wildman–Crippen LogP) is 2.64. The van der Waals surface area contributed by atoms with E-state index in [1.807, 2.05) is 4.57 Å². The fourth-order valence-electron chi connectivity index (χ4n) is 3.33. The Hall–Kier alpha value is -0.920. The van der Waals surface area contributed by atoms with Crippen molar-refractivity contribution in [3.8, 4) is 0 Å². The number of aromatic nitrogens is 2. The highest BCUT2D eigenvalue weighted by atomic mass is 32.2. The van der Waals surface area contributed by atoms with Crippen LogP contribution in [-0.4, -0.2) is 66.7 Å². The Morgan fingerprint density at radius 2 is 1.85 bits per heavy atom. The van der Waals surface area contributed by atoms with Gasteiger partial charge in [0, 0.05) is 39.3 Å². The first-order valence-electron chi connectivity index (χ1n) is 10.0. The van der Waals surface area contributed by atoms with E-state index in [9.17, 15) is 8.42 Å². The number of nitrogens with zero attached hydrogens (tertiary/aromatic N) is 4. The summed E-state index contributed by atoms with van der Waals surface area (Å²) in [5.41, 5.74) is 1.03. The summed E-state index contributed by atoms with van der Waals surface area (Å²) in [6.07, 6.45) is 5.43. The predicted molar refractivity (Wildman–Crippen MR) is 106 cm³/mol. The molecule has 1 saturated heterocycles. The fourth-order valence-corrected chi connectivity index (χ4v) is 4.82. The largest absolute Gasteiger partial charge is 0.318 e. The van der Waals surface area contributed by atoms with E-state index in [0.29, 0.717) is 12.3 Å². The molecular weight excluding hydrogens is 348 g/mol. The minimum absolute atomic E-state index is 0.197. The monoisotopic (exact) mass is 384 g/mol. The van der Waals surface area contributed by atoms with Gasteiger partial charge in [0.1, 0.15) is 0 Å². The lowest BCUT2D eigenvalue weighted by molar-refractivity contribution is 0.145. The highest BCUT2D eigenvalue weighted by Crippen LogP contribution is 2.19. The average Bonchev–Trinajstić information content (AvgIpc) is 2.98. The fraction of sp³-hybridized carbons (Fsp3) is 0.842. The minimum atomic E-state index is -3.32. The SMILES string of the molecule is CCCCn1c(CN2CCN(C)CC2)cnc1S(=O)(=O)CCCC(C)C. The van der Waals surface area contributed by atoms with E-state index < -0.39 is 9.84 Å². The zero-order valence-electron chi connectivity index (χ0n) is 16.9. The van der Waals surface area contributed by atoms with Gasteiger partial charge in [-0.3, -0.25) is 4.90 Å². The lowest BCUT2D eigenvalue weighted by atomic mass is 10.1. The Balaban J connectivity index is 2.14. The van der Waals surface area contributed by atoms with Crippen molar-refractivity contribution in [2.45, 2.75) is 64.7 Å². The van der Waals surface area contributed by atoms with Crippen molar-refractivity contribution in [1.82, 2.24) is 19.4 Å². The summed E-state index contributed by atoms with van der Waals surface area (Å²) in [4.78, 5) is 9.08. The quantitative estimate of drug-likeness (QED) is 0.621. The standard InChI is InChI=1S/C19H36N4O2S/c1-5-6-9-23-18(16-22-12-10-21(4)11-13-22)15-20-19(23)26(24,25)14-7-8-17(2)3/h15,17H,5-14,16H2,1-4H3. The van der Waals surface area contributed by atoms with Crippen molar-refractivity contribution in [3.63, 3.8) is 0 Å². The molecule has 150 valence electrons. The van der Waals surface area contributed by atoms with Gasteiger partial charge in [0.15, 0.2) is 0 Å². The molecule has 0 atom stereocenters. The number of likely N-dealkylation sites (N-methyl/N-ethyl adjacent to an activating group) is 1. The van der Waals surface area contributed by atoms with Gasteiger partial charge in [-0.2, -0.15) is 0 Å². The number of unbranched alkanes of at least 4 members (excludes halogenated alkanes) is 1. The first kappa shape index (κ1) is 21.4. The molecule has 1 fully saturated rings. The summed E-state index contributed by atoms with van der Waals surface area (Å²) >= 11 is 0. The molecule has 0 amide bonds. The third-order valence-electron chi connectivity index (χ3n) is 5.09. The van der Waals surface area contributed by atoms with Crippen molar-refractivity contribution < 1.29 is 8.42 Å². The Labute approximate surface area is 159 Å². The molecule has 1 aromatic rings. The van der Waals surface area contributed by atoms with Crippen molar-refractivity contribution in [2.75, 3.05) is 39.0 Å². The van der Waals surface area contributed by atoms with E-state index in [-0.39, 0.29) is 10.9 Å². The second-order valence-corrected chi connectivity index (χ2v) is 9.97. The molecule has 0 aromatic carbocycles. The van der Waals surface area contributed by atoms with Crippen LogP contribution in [0, 0.1) is 5.92 Å². The molecule has 2 heterocycles. The van der Waals surface area contributed by atoms with Crippen molar-refractivity contribution in [2.24, 2.45) is 5.92 Å². The second kappa shape index (κ2) is 9.85. The molecule has 2 rings (SSSR count). The van der Waals surface area contributed by atoms with E-state index >= 15 is 0 Å². The number of piperazine rings is 1. The Kier molecular flexibility index (Phi) is 8.10. The maximum atomic E-state index is 12.8. The van der Waals surface area contributed by atoms with Crippen LogP contribution in [0.4, 0.5) is 0 Å². The highest BCUT2D eigenvalue weighted by molar-refractivity contribution is 7.91. The summed E-state index contributed by atoms with van der Waals surface area (Å²) in [7, 11) is -1.18. The minimum Gasteiger partial charge on any atom is -0.318 e. The molecule has 0 N–H and O–H groups in total. The third-order valence-corrected chi connectivity index (χ3v) is 6.80. The highest BCUT2D eigenvalue weighted by Gasteiger charge is 2.24. The van der Waals surface area contributed by atoms with E-state index in [2.05, 4.69) is 42.6 Å². The summed E-state index contributed by atoms with van der Waals surface area (Å²) in [6, 6.07) is 0. The third kappa shape index (κ3) is 6.06. The average molecular weight is 385 g/mol. The van der Waals surface area contributed by atoms with Gasteiger partial charge in [0.25, 0.3) is 0 Å². The number of hydrogen-bond acceptors (Lipinski definition) is 5. The van der Waals surface area contributed by atoms with Crippen molar-refractivity contribution in [1.29, 1.82) is 0 Å². The van der Waals surface area contributed by atoms with Crippen LogP contribution in [0.15, 0.2) is 11.4 Å². The van der Waals surface area contributed by atoms with Crippen LogP contribution in [-0.2, 0) is 22.9 Å². The van der Waals surface area contributed by atoms with Gasteiger partial charge in [-0.15, -0.1) is 0 Å². The van der Waals surface area contributed by atoms with Crippen LogP contribution in [0.5, 0.6) is 0 Å². The molecule has 6 nitrogen and oxygen atoms in total. The van der Waals surface area contributed by atoms with Gasteiger partial charge in [-0.25, -0.2) is 13.4 Å². The lowest BCUT2D eigenvalue weighted by Crippen LogP contribution is -2.44. The molecule has 0 aliphatic carbocycles. The van der Waals surface area contributed by atoms with E-state index in [0.717, 1.165) is 64.2 Å². The topological polar surface area (TPSA) is 58.4 Å². The van der Waals surface area contributed by atoms with Crippen molar-refractivity contribution >= 4 is 9.84 Å². The zero-order valence-corrected chi connectivity index (χ0v) is 17.8. The molecule has 1 aromatic heterocycles. The number of imidazole rings is 1. The molecule has 0 bridgehead atoms. The molecule has 0 radical (unpaired) electrons. The summed E-state index contributed by atoms with van der Waals surface area (Å²) in [5.74, 6) is 0.722. The van der Waals surface area contributed by atoms with Gasteiger partial charge < -0.3 is 9.47 Å². The molecule has 26 heavy (non-hydrogen) atoms. The van der Waals surface area contributed by atoms with Crippen LogP contribution in [0.25, 0.3) is 0 Å². The second-order valence-electron chi connectivity index (χ2n) is 7.97. The summed E-state index contributed by atoms with van der Waals surface area (Å²) < 4.78 is 27.6. The molecule has 0 saturated carbocycles. The summed E-state index contributed by atoms with van der Waals surface area (Å²) in [5, 5.41) is 0.277. The number of hydrogen-bond donors (Lipinski definition) is 0. The normalized spacial score (nSPS) is 17.3. The van der Waals surface area contributed by atoms with Crippen LogP contribution in [0.3, 0.4) is 0 Å². The lowest BCUT2D eigenvalue weighted by Gasteiger charge is -2.32. The smallest absolute Gasteiger partial charge is 0.227 e. The Morgan fingerprint density at radius 1 is 1.15 bits per heavy atom. The van der Waals surface area contributed by atoms with E-state index in [1.54, 1.807) is 6.20 Å². The van der Waals surface area contributed by atoms with Crippen molar-refractivity contribution in [3.05, 3.63) is 11.9 Å². The number of rotatable bonds is 10. The molecule has 0 unspecified atom stereocenters. The Bertz CT molecular complexity index is 646. The van der Waals surface area contributed by atoms with Crippen LogP contribution in [0.2, 0.25) is 0 Å². The molecule has 0 spiro atoms. The van der Waals surface area contributed by atoms with Gasteiger partial charge >= 0.3 is 0 Å². The van der Waals surface area contributed by atoms with E-state index in [1.165, 1.54) is 0 Å². The van der Waals surface area contributed by atoms with Gasteiger partial charge in [0.2, 0.25) is 15.0 Å². The number of sulfone groups is 1. The maximum Gasteiger partial charge on any atom is 0.227 e. The van der Waals surface area contributed by atoms with Crippen LogP contribution >= 0.6 is 0 Å². The first-order chi connectivity index (χ1) is 12.3. The molecule has 7 heteroatoms. The summed E-state index contributed by atoms with van der Waals surface area (Å²) in [6.45, 7) is 12.1. The Morgan fingerprint density at radius 3 is 2.46 bits per heavy atom. The van der Waals surface area contributed by atoms with Gasteiger partial charge in [0.05, 0.1) is 17.6 Å². The molecule has 1 aliphatic rings. The van der Waals surface area contributed by atoms with E-state index in [4.69, 9.17) is 0 Å². The first-order valence-corrected chi connectivity index (χ1v) is 11.7. The zero-order chi connectivity index (χ0) is 19.2.